The molecule has 20 heavy (non-hydrogen) atoms. The number of aliphatic hydroxyl groups excluding tert-OH is 1. The molecule has 0 spiro atoms. The molecule has 0 aromatic heterocycles. The van der Waals surface area contributed by atoms with Gasteiger partial charge in [-0.2, -0.15) is 0 Å². The zero-order valence-electron chi connectivity index (χ0n) is 12.2. The van der Waals surface area contributed by atoms with Gasteiger partial charge in [0.1, 0.15) is 8.07 Å². The van der Waals surface area contributed by atoms with Gasteiger partial charge < -0.3 is 5.11 Å². The van der Waals surface area contributed by atoms with Gasteiger partial charge in [-0.05, 0) is 23.7 Å². The largest absolute Gasteiger partial charge is 0.393 e. The van der Waals surface area contributed by atoms with E-state index in [9.17, 15) is 5.11 Å². The van der Waals surface area contributed by atoms with Crippen molar-refractivity contribution in [3.63, 3.8) is 0 Å². The molecule has 0 aliphatic heterocycles. The number of hydrogen-bond donors (Lipinski definition) is 1. The fraction of sp³-hybridized carbons (Fsp3) is 0.222. The first-order chi connectivity index (χ1) is 9.55. The Morgan fingerprint density at radius 2 is 1.40 bits per heavy atom. The van der Waals surface area contributed by atoms with Crippen molar-refractivity contribution in [2.24, 2.45) is 0 Å². The van der Waals surface area contributed by atoms with E-state index < -0.39 is 8.07 Å². The minimum atomic E-state index is -2.02. The maximum Gasteiger partial charge on any atom is 0.140 e. The highest BCUT2D eigenvalue weighted by Crippen LogP contribution is 2.19. The average molecular weight is 282 g/mol. The van der Waals surface area contributed by atoms with Crippen LogP contribution in [0.2, 0.25) is 6.55 Å². The number of rotatable bonds is 5. The summed E-state index contributed by atoms with van der Waals surface area (Å²) in [4.78, 5) is 0. The van der Waals surface area contributed by atoms with E-state index in [2.05, 4.69) is 61.7 Å². The molecule has 0 saturated carbocycles. The highest BCUT2D eigenvalue weighted by Gasteiger charge is 2.34. The maximum absolute atomic E-state index is 9.74. The van der Waals surface area contributed by atoms with Crippen LogP contribution in [-0.2, 0) is 0 Å². The molecular formula is C18H22OSi. The second kappa shape index (κ2) is 6.20. The van der Waals surface area contributed by atoms with Gasteiger partial charge in [0, 0.05) is 0 Å². The fourth-order valence-electron chi connectivity index (χ4n) is 2.68. The van der Waals surface area contributed by atoms with E-state index in [1.165, 1.54) is 15.6 Å². The van der Waals surface area contributed by atoms with Gasteiger partial charge in [-0.15, -0.1) is 6.58 Å². The average Bonchev–Trinajstić information content (AvgIpc) is 2.47. The lowest BCUT2D eigenvalue weighted by molar-refractivity contribution is 0.197. The van der Waals surface area contributed by atoms with Crippen molar-refractivity contribution in [2.75, 3.05) is 0 Å². The van der Waals surface area contributed by atoms with Crippen LogP contribution in [0.15, 0.2) is 72.4 Å². The molecule has 0 saturated heterocycles. The van der Waals surface area contributed by atoms with E-state index in [4.69, 9.17) is 0 Å². The van der Waals surface area contributed by atoms with Gasteiger partial charge in [-0.25, -0.2) is 0 Å². The van der Waals surface area contributed by atoms with Gasteiger partial charge in [-0.1, -0.05) is 72.4 Å². The van der Waals surface area contributed by atoms with Crippen LogP contribution in [0.3, 0.4) is 0 Å². The monoisotopic (exact) mass is 282 g/mol. The van der Waals surface area contributed by atoms with Crippen LogP contribution < -0.4 is 10.4 Å². The van der Waals surface area contributed by atoms with E-state index in [0.29, 0.717) is 6.42 Å². The van der Waals surface area contributed by atoms with E-state index in [1.807, 2.05) is 19.1 Å². The Morgan fingerprint density at radius 3 is 1.75 bits per heavy atom. The predicted molar refractivity (Wildman–Crippen MR) is 89.2 cm³/mol. The third-order valence-corrected chi connectivity index (χ3v) is 8.55. The van der Waals surface area contributed by atoms with Gasteiger partial charge in [0.05, 0.1) is 6.10 Å². The lowest BCUT2D eigenvalue weighted by Crippen LogP contribution is -2.57. The molecule has 1 atom stereocenters. The van der Waals surface area contributed by atoms with Crippen LogP contribution in [0.25, 0.3) is 0 Å². The Bertz CT molecular complexity index is 521. The molecule has 2 heteroatoms. The Morgan fingerprint density at radius 1 is 1.00 bits per heavy atom. The maximum atomic E-state index is 9.74. The predicted octanol–water partition coefficient (Wildman–Crippen LogP) is 2.75. The lowest BCUT2D eigenvalue weighted by Gasteiger charge is -2.31. The molecule has 104 valence electrons. The minimum absolute atomic E-state index is 0.346. The normalized spacial score (nSPS) is 12.9. The molecule has 0 heterocycles. The molecule has 0 amide bonds. The first-order valence-electron chi connectivity index (χ1n) is 7.02. The van der Waals surface area contributed by atoms with Crippen molar-refractivity contribution in [1.82, 2.24) is 0 Å². The quantitative estimate of drug-likeness (QED) is 0.836. The van der Waals surface area contributed by atoms with Gasteiger partial charge in [0.25, 0.3) is 0 Å². The highest BCUT2D eigenvalue weighted by molar-refractivity contribution is 7.06. The van der Waals surface area contributed by atoms with Gasteiger partial charge in [-0.3, -0.25) is 0 Å². The third kappa shape index (κ3) is 2.92. The topological polar surface area (TPSA) is 20.2 Å². The van der Waals surface area contributed by atoms with Crippen molar-refractivity contribution < 1.29 is 5.11 Å². The number of hydrogen-bond acceptors (Lipinski definition) is 1. The van der Waals surface area contributed by atoms with E-state index in [1.54, 1.807) is 0 Å². The number of benzene rings is 2. The second-order valence-corrected chi connectivity index (χ2v) is 9.63. The van der Waals surface area contributed by atoms with E-state index in [0.717, 1.165) is 0 Å². The summed E-state index contributed by atoms with van der Waals surface area (Å²) < 4.78 is 0. The molecule has 0 aliphatic carbocycles. The van der Waals surface area contributed by atoms with Crippen molar-refractivity contribution in [2.45, 2.75) is 26.0 Å². The molecule has 1 nitrogen and oxygen atoms in total. The first-order valence-corrected chi connectivity index (χ1v) is 9.52. The molecule has 0 bridgehead atoms. The summed E-state index contributed by atoms with van der Waals surface area (Å²) in [7, 11) is -2.02. The summed E-state index contributed by atoms with van der Waals surface area (Å²) in [5.74, 6) is 0. The lowest BCUT2D eigenvalue weighted by atomic mass is 10.3. The van der Waals surface area contributed by atoms with Gasteiger partial charge in [0.15, 0.2) is 0 Å². The van der Waals surface area contributed by atoms with Gasteiger partial charge >= 0.3 is 0 Å². The van der Waals surface area contributed by atoms with Crippen LogP contribution in [0, 0.1) is 0 Å². The van der Waals surface area contributed by atoms with Crippen LogP contribution in [-0.4, -0.2) is 19.3 Å². The van der Waals surface area contributed by atoms with Crippen molar-refractivity contribution in [3.8, 4) is 0 Å². The molecule has 1 N–H and O–H groups in total. The van der Waals surface area contributed by atoms with Crippen LogP contribution >= 0.6 is 0 Å². The fourth-order valence-corrected chi connectivity index (χ4v) is 6.25. The van der Waals surface area contributed by atoms with Crippen LogP contribution in [0.1, 0.15) is 13.3 Å². The standard InChI is InChI=1S/C18H22OSi/c1-15(19)14-16(2)20(3,17-10-6-4-7-11-17)18-12-8-5-9-13-18/h4-13,15,19H,2,14H2,1,3H3. The molecule has 2 aromatic carbocycles. The molecule has 0 fully saturated rings. The molecule has 0 aliphatic rings. The first kappa shape index (κ1) is 14.8. The van der Waals surface area contributed by atoms with E-state index in [-0.39, 0.29) is 6.10 Å². The Kier molecular flexibility index (Phi) is 4.58. The zero-order valence-corrected chi connectivity index (χ0v) is 13.2. The van der Waals surface area contributed by atoms with E-state index >= 15 is 0 Å². The van der Waals surface area contributed by atoms with Crippen molar-refractivity contribution in [1.29, 1.82) is 0 Å². The summed E-state index contributed by atoms with van der Waals surface area (Å²) in [6.45, 7) is 8.47. The smallest absolute Gasteiger partial charge is 0.140 e. The Balaban J connectivity index is 2.52. The van der Waals surface area contributed by atoms with Gasteiger partial charge in [0.2, 0.25) is 0 Å². The highest BCUT2D eigenvalue weighted by atomic mass is 28.3. The SMILES string of the molecule is C=C(CC(C)O)[Si](C)(c1ccccc1)c1ccccc1. The third-order valence-electron chi connectivity index (χ3n) is 3.95. The molecule has 1 unspecified atom stereocenters. The molecule has 0 radical (unpaired) electrons. The van der Waals surface area contributed by atoms with Crippen LogP contribution in [0.4, 0.5) is 0 Å². The Hall–Kier alpha value is -1.64. The van der Waals surface area contributed by atoms with Crippen molar-refractivity contribution in [3.05, 3.63) is 72.4 Å². The zero-order chi connectivity index (χ0) is 14.6. The summed E-state index contributed by atoms with van der Waals surface area (Å²) in [5.41, 5.74) is 0. The molecule has 2 aromatic rings. The summed E-state index contributed by atoms with van der Waals surface area (Å²) in [6, 6.07) is 21.2. The second-order valence-electron chi connectivity index (χ2n) is 5.51. The van der Waals surface area contributed by atoms with Crippen LogP contribution in [0.5, 0.6) is 0 Å². The molecule has 2 rings (SSSR count). The number of aliphatic hydroxyl groups is 1. The summed E-state index contributed by atoms with van der Waals surface area (Å²) >= 11 is 0. The summed E-state index contributed by atoms with van der Waals surface area (Å²) in [5, 5.41) is 13.6. The molecular weight excluding hydrogens is 260 g/mol. The minimum Gasteiger partial charge on any atom is -0.393 e. The Labute approximate surface area is 122 Å². The summed E-state index contributed by atoms with van der Waals surface area (Å²) in [6.07, 6.45) is 0.314. The van der Waals surface area contributed by atoms with Crippen molar-refractivity contribution >= 4 is 18.4 Å².